The van der Waals surface area contributed by atoms with Crippen LogP contribution in [0, 0.1) is 0 Å². The van der Waals surface area contributed by atoms with Crippen molar-refractivity contribution in [3.8, 4) is 17.2 Å². The van der Waals surface area contributed by atoms with Crippen molar-refractivity contribution in [3.63, 3.8) is 0 Å². The molecule has 6 nitrogen and oxygen atoms in total. The molecule has 0 spiro atoms. The van der Waals surface area contributed by atoms with E-state index in [1.54, 1.807) is 57.6 Å². The predicted octanol–water partition coefficient (Wildman–Crippen LogP) is 3.50. The fourth-order valence-corrected chi connectivity index (χ4v) is 2.62. The van der Waals surface area contributed by atoms with E-state index in [1.165, 1.54) is 6.07 Å². The van der Waals surface area contributed by atoms with Gasteiger partial charge in [-0.15, -0.1) is 0 Å². The summed E-state index contributed by atoms with van der Waals surface area (Å²) < 4.78 is 21.1. The van der Waals surface area contributed by atoms with Crippen molar-refractivity contribution in [2.75, 3.05) is 20.8 Å². The lowest BCUT2D eigenvalue weighted by molar-refractivity contribution is 0.0526. The zero-order valence-corrected chi connectivity index (χ0v) is 14.7. The number of fused-ring (bicyclic) bond motifs is 1. The number of carbonyl (C=O) groups is 2. The van der Waals surface area contributed by atoms with Crippen LogP contribution in [0.2, 0.25) is 0 Å². The number of ether oxygens (including phenoxy) is 4. The van der Waals surface area contributed by atoms with Gasteiger partial charge in [0.2, 0.25) is 5.78 Å². The summed E-state index contributed by atoms with van der Waals surface area (Å²) in [6.45, 7) is 1.99. The van der Waals surface area contributed by atoms with Gasteiger partial charge in [-0.1, -0.05) is 0 Å². The molecule has 0 atom stereocenters. The fraction of sp³-hybridized carbons (Fsp3) is 0.200. The average molecular weight is 354 g/mol. The van der Waals surface area contributed by atoms with Gasteiger partial charge >= 0.3 is 5.97 Å². The Labute approximate surface area is 150 Å². The lowest BCUT2D eigenvalue weighted by atomic mass is 10.1. The summed E-state index contributed by atoms with van der Waals surface area (Å²) in [6, 6.07) is 9.90. The number of rotatable bonds is 5. The molecule has 0 fully saturated rings. The van der Waals surface area contributed by atoms with Crippen molar-refractivity contribution >= 4 is 17.8 Å². The fourth-order valence-electron chi connectivity index (χ4n) is 2.62. The number of benzene rings is 2. The molecule has 0 bridgehead atoms. The van der Waals surface area contributed by atoms with Crippen LogP contribution in [-0.2, 0) is 4.74 Å². The molecule has 0 saturated carbocycles. The minimum absolute atomic E-state index is 0.146. The maximum atomic E-state index is 12.7. The molecule has 0 N–H and O–H groups in total. The molecular weight excluding hydrogens is 336 g/mol. The number of hydrogen-bond acceptors (Lipinski definition) is 6. The van der Waals surface area contributed by atoms with Crippen molar-refractivity contribution in [3.05, 3.63) is 58.8 Å². The summed E-state index contributed by atoms with van der Waals surface area (Å²) in [4.78, 5) is 24.5. The highest BCUT2D eigenvalue weighted by molar-refractivity contribution is 6.15. The van der Waals surface area contributed by atoms with E-state index in [1.807, 2.05) is 0 Å². The normalized spacial score (nSPS) is 14.0. The Morgan fingerprint density at radius 1 is 1.12 bits per heavy atom. The first-order valence-electron chi connectivity index (χ1n) is 8.04. The minimum Gasteiger partial charge on any atom is -0.497 e. The number of Topliss-reactive ketones (excluding diaryl/α,β-unsaturated/α-hetero) is 1. The van der Waals surface area contributed by atoms with Crippen molar-refractivity contribution in [2.24, 2.45) is 0 Å². The Hall–Kier alpha value is -3.28. The molecular formula is C20H18O6. The Morgan fingerprint density at radius 3 is 2.62 bits per heavy atom. The molecule has 0 unspecified atom stereocenters. The Morgan fingerprint density at radius 2 is 1.92 bits per heavy atom. The third-order valence-corrected chi connectivity index (χ3v) is 3.90. The van der Waals surface area contributed by atoms with Crippen molar-refractivity contribution in [2.45, 2.75) is 6.92 Å². The van der Waals surface area contributed by atoms with Crippen LogP contribution < -0.4 is 14.2 Å². The molecule has 0 saturated heterocycles. The third-order valence-electron chi connectivity index (χ3n) is 3.90. The highest BCUT2D eigenvalue weighted by Crippen LogP contribution is 2.34. The molecule has 1 aliphatic rings. The minimum atomic E-state index is -0.477. The van der Waals surface area contributed by atoms with E-state index >= 15 is 0 Å². The van der Waals surface area contributed by atoms with Gasteiger partial charge in [-0.25, -0.2) is 4.79 Å². The first-order valence-corrected chi connectivity index (χ1v) is 8.04. The van der Waals surface area contributed by atoms with Crippen LogP contribution in [0.4, 0.5) is 0 Å². The molecule has 2 aromatic rings. The first kappa shape index (κ1) is 17.5. The van der Waals surface area contributed by atoms with Crippen LogP contribution in [0.3, 0.4) is 0 Å². The van der Waals surface area contributed by atoms with E-state index in [2.05, 4.69) is 0 Å². The van der Waals surface area contributed by atoms with Crippen LogP contribution in [0.5, 0.6) is 17.2 Å². The molecule has 134 valence electrons. The number of methoxy groups -OCH3 is 2. The van der Waals surface area contributed by atoms with Crippen LogP contribution in [0.15, 0.2) is 42.2 Å². The topological polar surface area (TPSA) is 71.1 Å². The average Bonchev–Trinajstić information content (AvgIpc) is 2.97. The Balaban J connectivity index is 1.95. The highest BCUT2D eigenvalue weighted by atomic mass is 16.5. The highest BCUT2D eigenvalue weighted by Gasteiger charge is 2.29. The summed E-state index contributed by atoms with van der Waals surface area (Å²) in [6.07, 6.45) is 1.59. The smallest absolute Gasteiger partial charge is 0.338 e. The summed E-state index contributed by atoms with van der Waals surface area (Å²) in [5, 5.41) is 0. The van der Waals surface area contributed by atoms with Gasteiger partial charge in [-0.2, -0.15) is 0 Å². The van der Waals surface area contributed by atoms with E-state index in [-0.39, 0.29) is 18.1 Å². The summed E-state index contributed by atoms with van der Waals surface area (Å²) in [5.41, 5.74) is 1.28. The zero-order valence-electron chi connectivity index (χ0n) is 14.7. The summed E-state index contributed by atoms with van der Waals surface area (Å²) in [5.74, 6) is 0.970. The van der Waals surface area contributed by atoms with Gasteiger partial charge < -0.3 is 18.9 Å². The van der Waals surface area contributed by atoms with Gasteiger partial charge in [0.25, 0.3) is 0 Å². The standard InChI is InChI=1S/C20H18O6/c1-4-25-20(22)12-5-7-17-15(10-12)19(21)18(26-17)11-13-9-14(23-2)6-8-16(13)24-3/h5-11H,4H2,1-3H3. The van der Waals surface area contributed by atoms with Gasteiger partial charge in [0, 0.05) is 5.56 Å². The maximum absolute atomic E-state index is 12.7. The molecule has 1 aliphatic heterocycles. The summed E-state index contributed by atoms with van der Waals surface area (Å²) >= 11 is 0. The zero-order chi connectivity index (χ0) is 18.7. The molecule has 1 heterocycles. The van der Waals surface area contributed by atoms with Gasteiger partial charge in [-0.3, -0.25) is 4.79 Å². The molecule has 0 radical (unpaired) electrons. The van der Waals surface area contributed by atoms with Crippen LogP contribution in [0.1, 0.15) is 33.2 Å². The number of allylic oxidation sites excluding steroid dienone is 1. The van der Waals surface area contributed by atoms with Crippen molar-refractivity contribution in [1.82, 2.24) is 0 Å². The Bertz CT molecular complexity index is 897. The van der Waals surface area contributed by atoms with Crippen molar-refractivity contribution < 1.29 is 28.5 Å². The van der Waals surface area contributed by atoms with E-state index in [9.17, 15) is 9.59 Å². The predicted molar refractivity (Wildman–Crippen MR) is 94.9 cm³/mol. The second-order valence-electron chi connectivity index (χ2n) is 5.48. The third kappa shape index (κ3) is 3.26. The molecule has 2 aromatic carbocycles. The SMILES string of the molecule is CCOC(=O)c1ccc2c(c1)C(=O)C(=Cc1cc(OC)ccc1OC)O2. The van der Waals surface area contributed by atoms with Gasteiger partial charge in [0.05, 0.1) is 32.0 Å². The summed E-state index contributed by atoms with van der Waals surface area (Å²) in [7, 11) is 3.10. The largest absolute Gasteiger partial charge is 0.497 e. The monoisotopic (exact) mass is 354 g/mol. The number of carbonyl (C=O) groups excluding carboxylic acids is 2. The van der Waals surface area contributed by atoms with Gasteiger partial charge in [0.1, 0.15) is 17.2 Å². The maximum Gasteiger partial charge on any atom is 0.338 e. The molecule has 26 heavy (non-hydrogen) atoms. The van der Waals surface area contributed by atoms with Crippen LogP contribution >= 0.6 is 0 Å². The van der Waals surface area contributed by atoms with Crippen molar-refractivity contribution in [1.29, 1.82) is 0 Å². The number of ketones is 1. The van der Waals surface area contributed by atoms with E-state index in [0.29, 0.717) is 33.9 Å². The second kappa shape index (κ2) is 7.31. The molecule has 0 amide bonds. The quantitative estimate of drug-likeness (QED) is 0.605. The second-order valence-corrected chi connectivity index (χ2v) is 5.48. The molecule has 0 aliphatic carbocycles. The van der Waals surface area contributed by atoms with Crippen LogP contribution in [-0.4, -0.2) is 32.6 Å². The molecule has 3 rings (SSSR count). The number of esters is 1. The lowest BCUT2D eigenvalue weighted by Crippen LogP contribution is -2.05. The number of hydrogen-bond donors (Lipinski definition) is 0. The van der Waals surface area contributed by atoms with E-state index in [0.717, 1.165) is 0 Å². The Kier molecular flexibility index (Phi) is 4.93. The molecule has 0 aromatic heterocycles. The van der Waals surface area contributed by atoms with Gasteiger partial charge in [0.15, 0.2) is 5.76 Å². The molecule has 6 heteroatoms. The van der Waals surface area contributed by atoms with Gasteiger partial charge in [-0.05, 0) is 49.4 Å². The first-order chi connectivity index (χ1) is 12.6. The van der Waals surface area contributed by atoms with E-state index < -0.39 is 5.97 Å². The van der Waals surface area contributed by atoms with E-state index in [4.69, 9.17) is 18.9 Å². The lowest BCUT2D eigenvalue weighted by Gasteiger charge is -2.07. The van der Waals surface area contributed by atoms with Crippen LogP contribution in [0.25, 0.3) is 6.08 Å².